The molecule has 1 aromatic carbocycles. The molecule has 0 aliphatic carbocycles. The van der Waals surface area contributed by atoms with Gasteiger partial charge >= 0.3 is 0 Å². The minimum atomic E-state index is -0.313. The summed E-state index contributed by atoms with van der Waals surface area (Å²) in [4.78, 5) is 11.5. The van der Waals surface area contributed by atoms with Gasteiger partial charge in [0.2, 0.25) is 0 Å². The van der Waals surface area contributed by atoms with Crippen molar-refractivity contribution >= 4 is 17.7 Å². The Morgan fingerprint density at radius 1 is 1.33 bits per heavy atom. The highest BCUT2D eigenvalue weighted by Crippen LogP contribution is 2.22. The van der Waals surface area contributed by atoms with Crippen LogP contribution in [0.2, 0.25) is 0 Å². The van der Waals surface area contributed by atoms with E-state index in [0.717, 1.165) is 12.2 Å². The van der Waals surface area contributed by atoms with Crippen LogP contribution in [0.3, 0.4) is 0 Å². The number of thioether (sulfide) groups is 1. The molecular formula is C16H25NO3S. The van der Waals surface area contributed by atoms with Crippen LogP contribution in [-0.2, 0) is 4.74 Å². The van der Waals surface area contributed by atoms with Gasteiger partial charge < -0.3 is 14.8 Å². The Hall–Kier alpha value is -1.20. The predicted octanol–water partition coefficient (Wildman–Crippen LogP) is 3.32. The summed E-state index contributed by atoms with van der Waals surface area (Å²) >= 11 is 1.68. The Morgan fingerprint density at radius 2 is 1.95 bits per heavy atom. The van der Waals surface area contributed by atoms with Crippen LogP contribution in [0.25, 0.3) is 0 Å². The van der Waals surface area contributed by atoms with E-state index in [0.29, 0.717) is 12.2 Å². The average Bonchev–Trinajstić information content (AvgIpc) is 2.46. The second-order valence-corrected chi connectivity index (χ2v) is 6.52. The Labute approximate surface area is 131 Å². The summed E-state index contributed by atoms with van der Waals surface area (Å²) in [5, 5.41) is 2.59. The second-order valence-electron chi connectivity index (χ2n) is 5.39. The van der Waals surface area contributed by atoms with E-state index in [2.05, 4.69) is 5.32 Å². The van der Waals surface area contributed by atoms with Crippen LogP contribution in [0.1, 0.15) is 37.6 Å². The average molecular weight is 311 g/mol. The van der Waals surface area contributed by atoms with Gasteiger partial charge in [-0.15, -0.1) is 11.8 Å². The smallest absolute Gasteiger partial charge is 0.251 e. The van der Waals surface area contributed by atoms with E-state index in [4.69, 9.17) is 9.47 Å². The Bertz CT molecular complexity index is 445. The molecule has 0 aliphatic rings. The van der Waals surface area contributed by atoms with Crippen molar-refractivity contribution in [3.63, 3.8) is 0 Å². The minimum Gasteiger partial charge on any atom is -0.488 e. The van der Waals surface area contributed by atoms with Gasteiger partial charge in [-0.05, 0) is 51.3 Å². The zero-order chi connectivity index (χ0) is 15.9. The van der Waals surface area contributed by atoms with Crippen molar-refractivity contribution in [2.45, 2.75) is 38.2 Å². The predicted molar refractivity (Wildman–Crippen MR) is 88.1 cm³/mol. The first kappa shape index (κ1) is 17.9. The topological polar surface area (TPSA) is 47.6 Å². The normalized spacial score (nSPS) is 12.8. The molecule has 1 unspecified atom stereocenters. The molecule has 0 aliphatic heterocycles. The molecule has 5 heteroatoms. The van der Waals surface area contributed by atoms with Crippen LogP contribution in [-0.4, -0.2) is 36.9 Å². The number of rotatable bonds is 8. The fourth-order valence-electron chi connectivity index (χ4n) is 1.73. The maximum atomic E-state index is 11.5. The zero-order valence-electron chi connectivity index (χ0n) is 13.4. The van der Waals surface area contributed by atoms with Gasteiger partial charge in [-0.1, -0.05) is 0 Å². The third-order valence-corrected chi connectivity index (χ3v) is 3.93. The van der Waals surface area contributed by atoms with Gasteiger partial charge in [0, 0.05) is 19.0 Å². The summed E-state index contributed by atoms with van der Waals surface area (Å²) in [6.45, 7) is 6.76. The molecule has 0 radical (unpaired) electrons. The number of amides is 1. The Morgan fingerprint density at radius 3 is 2.48 bits per heavy atom. The van der Waals surface area contributed by atoms with E-state index >= 15 is 0 Å². The molecule has 0 saturated heterocycles. The van der Waals surface area contributed by atoms with Crippen molar-refractivity contribution in [1.82, 2.24) is 5.32 Å². The van der Waals surface area contributed by atoms with Crippen LogP contribution in [0.15, 0.2) is 24.3 Å². The Balaban J connectivity index is 2.52. The van der Waals surface area contributed by atoms with Crippen molar-refractivity contribution < 1.29 is 14.3 Å². The maximum absolute atomic E-state index is 11.5. The van der Waals surface area contributed by atoms with E-state index in [1.54, 1.807) is 30.9 Å². The Kier molecular flexibility index (Phi) is 7.05. The highest BCUT2D eigenvalue weighted by Gasteiger charge is 2.20. The number of carbonyl (C=O) groups is 1. The summed E-state index contributed by atoms with van der Waals surface area (Å²) in [7, 11) is 1.62. The third-order valence-electron chi connectivity index (χ3n) is 3.13. The number of carbonyl (C=O) groups excluding carboxylic acids is 1. The van der Waals surface area contributed by atoms with Crippen molar-refractivity contribution in [1.29, 1.82) is 0 Å². The SMILES string of the molecule is CNC(=O)c1ccc(OC(C)(C)CCOC(C)SC)cc1. The molecule has 1 rings (SSSR count). The van der Waals surface area contributed by atoms with Crippen LogP contribution in [0.5, 0.6) is 5.75 Å². The standard InChI is InChI=1S/C16H25NO3S/c1-12(21-5)19-11-10-16(2,3)20-14-8-6-13(7-9-14)15(18)17-4/h6-9,12H,10-11H2,1-5H3,(H,17,18). The molecule has 0 heterocycles. The lowest BCUT2D eigenvalue weighted by atomic mass is 10.1. The lowest BCUT2D eigenvalue weighted by Gasteiger charge is -2.27. The number of hydrogen-bond acceptors (Lipinski definition) is 4. The van der Waals surface area contributed by atoms with Gasteiger partial charge in [0.05, 0.1) is 12.0 Å². The molecular weight excluding hydrogens is 286 g/mol. The third kappa shape index (κ3) is 6.40. The summed E-state index contributed by atoms with van der Waals surface area (Å²) in [5.74, 6) is 0.658. The molecule has 0 spiro atoms. The van der Waals surface area contributed by atoms with E-state index in [9.17, 15) is 4.79 Å². The van der Waals surface area contributed by atoms with Crippen LogP contribution in [0.4, 0.5) is 0 Å². The fourth-order valence-corrected chi connectivity index (χ4v) is 1.96. The van der Waals surface area contributed by atoms with Gasteiger partial charge in [0.25, 0.3) is 5.91 Å². The van der Waals surface area contributed by atoms with E-state index in [-0.39, 0.29) is 16.9 Å². The summed E-state index contributed by atoms with van der Waals surface area (Å²) < 4.78 is 11.6. The minimum absolute atomic E-state index is 0.0970. The molecule has 1 aromatic rings. The molecule has 1 N–H and O–H groups in total. The number of nitrogens with one attached hydrogen (secondary N) is 1. The van der Waals surface area contributed by atoms with Gasteiger partial charge in [-0.2, -0.15) is 0 Å². The lowest BCUT2D eigenvalue weighted by molar-refractivity contribution is 0.0426. The zero-order valence-corrected chi connectivity index (χ0v) is 14.3. The number of ether oxygens (including phenoxy) is 2. The van der Waals surface area contributed by atoms with Crippen LogP contribution in [0, 0.1) is 0 Å². The largest absolute Gasteiger partial charge is 0.488 e. The lowest BCUT2D eigenvalue weighted by Crippen LogP contribution is -2.30. The molecule has 0 saturated carbocycles. The molecule has 4 nitrogen and oxygen atoms in total. The summed E-state index contributed by atoms with van der Waals surface area (Å²) in [6.07, 6.45) is 2.83. The first-order valence-electron chi connectivity index (χ1n) is 7.03. The highest BCUT2D eigenvalue weighted by atomic mass is 32.2. The summed E-state index contributed by atoms with van der Waals surface area (Å²) in [6, 6.07) is 7.16. The van der Waals surface area contributed by atoms with Crippen molar-refractivity contribution in [3.8, 4) is 5.75 Å². The van der Waals surface area contributed by atoms with E-state index in [1.807, 2.05) is 39.2 Å². The molecule has 0 fully saturated rings. The molecule has 0 bridgehead atoms. The quantitative estimate of drug-likeness (QED) is 0.748. The van der Waals surface area contributed by atoms with Gasteiger partial charge in [0.15, 0.2) is 0 Å². The van der Waals surface area contributed by atoms with Gasteiger partial charge in [-0.25, -0.2) is 0 Å². The molecule has 0 aromatic heterocycles. The molecule has 118 valence electrons. The first-order valence-corrected chi connectivity index (χ1v) is 8.32. The summed E-state index contributed by atoms with van der Waals surface area (Å²) in [5.41, 5.74) is 0.513. The van der Waals surface area contributed by atoms with Gasteiger partial charge in [0.1, 0.15) is 11.4 Å². The number of benzene rings is 1. The van der Waals surface area contributed by atoms with Crippen molar-refractivity contribution in [2.24, 2.45) is 0 Å². The maximum Gasteiger partial charge on any atom is 0.251 e. The second kappa shape index (κ2) is 8.29. The first-order chi connectivity index (χ1) is 9.88. The molecule has 1 atom stereocenters. The molecule has 21 heavy (non-hydrogen) atoms. The monoisotopic (exact) mass is 311 g/mol. The number of hydrogen-bond donors (Lipinski definition) is 1. The van der Waals surface area contributed by atoms with E-state index in [1.165, 1.54) is 0 Å². The molecule has 1 amide bonds. The highest BCUT2D eigenvalue weighted by molar-refractivity contribution is 7.99. The van der Waals surface area contributed by atoms with Crippen LogP contribution < -0.4 is 10.1 Å². The van der Waals surface area contributed by atoms with Gasteiger partial charge in [-0.3, -0.25) is 4.79 Å². The van der Waals surface area contributed by atoms with Crippen molar-refractivity contribution in [2.75, 3.05) is 19.9 Å². The fraction of sp³-hybridized carbons (Fsp3) is 0.562. The van der Waals surface area contributed by atoms with Crippen LogP contribution >= 0.6 is 11.8 Å². The van der Waals surface area contributed by atoms with E-state index < -0.39 is 0 Å². The van der Waals surface area contributed by atoms with Crippen molar-refractivity contribution in [3.05, 3.63) is 29.8 Å².